The summed E-state index contributed by atoms with van der Waals surface area (Å²) in [5, 5.41) is 0. The lowest BCUT2D eigenvalue weighted by molar-refractivity contribution is -0.554. The van der Waals surface area contributed by atoms with Crippen molar-refractivity contribution in [3.63, 3.8) is 0 Å². The molecule has 0 aliphatic rings. The highest BCUT2D eigenvalue weighted by Gasteiger charge is 2.28. The van der Waals surface area contributed by atoms with Crippen molar-refractivity contribution in [3.05, 3.63) is 255 Å². The quantitative estimate of drug-likeness (QED) is 0.147. The number of nitrogens with one attached hydrogen (secondary N) is 1. The van der Waals surface area contributed by atoms with E-state index in [4.69, 9.17) is 9.97 Å². The molecule has 0 saturated carbocycles. The zero-order chi connectivity index (χ0) is 45.7. The predicted molar refractivity (Wildman–Crippen MR) is 282 cm³/mol. The molecule has 0 aliphatic heterocycles. The van der Waals surface area contributed by atoms with Crippen molar-refractivity contribution < 1.29 is 4.57 Å². The molecule has 0 fully saturated rings. The monoisotopic (exact) mass is 883 g/mol. The number of fused-ring (bicyclic) bond motifs is 3. The summed E-state index contributed by atoms with van der Waals surface area (Å²) in [5.41, 5.74) is 18.7. The summed E-state index contributed by atoms with van der Waals surface area (Å²) in [6.07, 6.45) is 0. The van der Waals surface area contributed by atoms with Crippen LogP contribution in [0.5, 0.6) is 0 Å². The minimum absolute atomic E-state index is 0.822. The topological polar surface area (TPSA) is 55.3 Å². The second-order valence-electron chi connectivity index (χ2n) is 17.3. The van der Waals surface area contributed by atoms with Crippen molar-refractivity contribution >= 4 is 33.1 Å². The highest BCUT2D eigenvalue weighted by atomic mass is 15.1. The second-order valence-corrected chi connectivity index (χ2v) is 17.3. The van der Waals surface area contributed by atoms with Gasteiger partial charge in [-0.15, -0.1) is 0 Å². The molecular formula is C63H43N6+. The van der Waals surface area contributed by atoms with Gasteiger partial charge in [-0.1, -0.05) is 182 Å². The average molecular weight is 884 g/mol. The Hall–Kier alpha value is -9.39. The molecule has 0 spiro atoms. The largest absolute Gasteiger partial charge is 0.292 e. The van der Waals surface area contributed by atoms with Crippen LogP contribution in [-0.4, -0.2) is 24.1 Å². The fourth-order valence-corrected chi connectivity index (χ4v) is 10.1. The first kappa shape index (κ1) is 39.9. The van der Waals surface area contributed by atoms with Gasteiger partial charge in [-0.3, -0.25) is 9.13 Å². The van der Waals surface area contributed by atoms with E-state index in [9.17, 15) is 0 Å². The van der Waals surface area contributed by atoms with Gasteiger partial charge in [0.15, 0.2) is 11.0 Å². The third-order valence-corrected chi connectivity index (χ3v) is 13.2. The molecule has 0 aliphatic carbocycles. The number of H-pyrrole nitrogens is 1. The maximum Gasteiger partial charge on any atom is 0.292 e. The first-order valence-electron chi connectivity index (χ1n) is 23.3. The van der Waals surface area contributed by atoms with Gasteiger partial charge in [0.05, 0.1) is 39.0 Å². The van der Waals surface area contributed by atoms with Crippen LogP contribution in [0.4, 0.5) is 0 Å². The molecule has 3 heterocycles. The van der Waals surface area contributed by atoms with Crippen LogP contribution in [0.2, 0.25) is 0 Å². The number of aromatic amines is 1. The molecule has 6 nitrogen and oxygen atoms in total. The van der Waals surface area contributed by atoms with Gasteiger partial charge in [-0.05, 0) is 89.5 Å². The third-order valence-electron chi connectivity index (χ3n) is 13.2. The molecule has 324 valence electrons. The number of hydrogen-bond donors (Lipinski definition) is 1. The van der Waals surface area contributed by atoms with Gasteiger partial charge in [0.2, 0.25) is 0 Å². The molecule has 0 saturated heterocycles. The number of imidazole rings is 3. The molecule has 13 aromatic rings. The Kier molecular flexibility index (Phi) is 9.72. The van der Waals surface area contributed by atoms with E-state index in [1.807, 2.05) is 0 Å². The molecule has 0 atom stereocenters. The Morgan fingerprint density at radius 1 is 0.333 bits per heavy atom. The summed E-state index contributed by atoms with van der Waals surface area (Å²) in [4.78, 5) is 15.0. The van der Waals surface area contributed by atoms with Gasteiger partial charge >= 0.3 is 0 Å². The maximum absolute atomic E-state index is 5.54. The van der Waals surface area contributed by atoms with Crippen LogP contribution < -0.4 is 4.57 Å². The first-order chi connectivity index (χ1) is 34.2. The van der Waals surface area contributed by atoms with E-state index in [1.54, 1.807) is 0 Å². The number of nitrogens with zero attached hydrogens (tertiary/aromatic N) is 5. The molecule has 10 aromatic carbocycles. The van der Waals surface area contributed by atoms with Gasteiger partial charge in [0, 0.05) is 27.8 Å². The van der Waals surface area contributed by atoms with Crippen molar-refractivity contribution in [2.75, 3.05) is 0 Å². The van der Waals surface area contributed by atoms with Gasteiger partial charge in [0.1, 0.15) is 17.3 Å². The molecule has 0 unspecified atom stereocenters. The van der Waals surface area contributed by atoms with E-state index in [0.717, 1.165) is 118 Å². The Bertz CT molecular complexity index is 3580. The summed E-state index contributed by atoms with van der Waals surface area (Å²) >= 11 is 0. The summed E-state index contributed by atoms with van der Waals surface area (Å²) in [7, 11) is 0. The molecule has 69 heavy (non-hydrogen) atoms. The highest BCUT2D eigenvalue weighted by molar-refractivity contribution is 5.91. The fraction of sp³-hybridized carbons (Fsp3) is 0. The maximum atomic E-state index is 5.54. The van der Waals surface area contributed by atoms with Crippen molar-refractivity contribution in [2.45, 2.75) is 0 Å². The van der Waals surface area contributed by atoms with E-state index in [0.29, 0.717) is 0 Å². The highest BCUT2D eigenvalue weighted by Crippen LogP contribution is 2.41. The Balaban J connectivity index is 1.14. The average Bonchev–Trinajstić information content (AvgIpc) is 4.14. The summed E-state index contributed by atoms with van der Waals surface area (Å²) in [6, 6.07) is 90.2. The lowest BCUT2D eigenvalue weighted by Gasteiger charge is -2.17. The van der Waals surface area contributed by atoms with E-state index in [2.05, 4.69) is 273 Å². The van der Waals surface area contributed by atoms with Crippen LogP contribution in [0.3, 0.4) is 0 Å². The molecule has 0 bridgehead atoms. The normalized spacial score (nSPS) is 11.5. The smallest absolute Gasteiger partial charge is 0.292 e. The summed E-state index contributed by atoms with van der Waals surface area (Å²) in [5.74, 6) is 2.58. The summed E-state index contributed by atoms with van der Waals surface area (Å²) < 4.78 is 7.04. The lowest BCUT2D eigenvalue weighted by atomic mass is 10.0. The lowest BCUT2D eigenvalue weighted by Crippen LogP contribution is -2.32. The molecule has 1 N–H and O–H groups in total. The number of rotatable bonds is 9. The van der Waals surface area contributed by atoms with E-state index >= 15 is 0 Å². The van der Waals surface area contributed by atoms with Crippen LogP contribution in [0.15, 0.2) is 255 Å². The van der Waals surface area contributed by atoms with Gasteiger partial charge in [-0.2, -0.15) is 4.57 Å². The summed E-state index contributed by atoms with van der Waals surface area (Å²) in [6.45, 7) is 0. The van der Waals surface area contributed by atoms with Crippen LogP contribution in [0.1, 0.15) is 0 Å². The number of aromatic nitrogens is 6. The van der Waals surface area contributed by atoms with Crippen molar-refractivity contribution in [1.82, 2.24) is 24.1 Å². The molecule has 3 aromatic heterocycles. The predicted octanol–water partition coefficient (Wildman–Crippen LogP) is 15.1. The van der Waals surface area contributed by atoms with Gasteiger partial charge < -0.3 is 0 Å². The standard InChI is InChI=1S/C63H42N6/c1-4-22-43(23-5-1)49-28-10-16-34-55(49)67-58-37-19-13-31-52(58)64-61(67)46-40-47(62-65-53-32-14-20-38-59(53)68(62)56-35-17-11-29-50(56)44-24-6-2-7-25-44)42-48(41-46)63-66-54-33-15-21-39-60(54)69(63)57-36-18-12-30-51(57)45-26-8-3-9-27-45/h1-42H/p+1. The van der Waals surface area contributed by atoms with Crippen molar-refractivity contribution in [2.24, 2.45) is 0 Å². The van der Waals surface area contributed by atoms with Gasteiger partial charge in [-0.25, -0.2) is 15.0 Å². The van der Waals surface area contributed by atoms with Crippen molar-refractivity contribution in [1.29, 1.82) is 0 Å². The minimum atomic E-state index is 0.822. The van der Waals surface area contributed by atoms with Crippen LogP contribution >= 0.6 is 0 Å². The zero-order valence-corrected chi connectivity index (χ0v) is 37.5. The third kappa shape index (κ3) is 6.93. The van der Waals surface area contributed by atoms with Crippen LogP contribution in [0, 0.1) is 0 Å². The number of benzene rings is 10. The van der Waals surface area contributed by atoms with E-state index in [-0.39, 0.29) is 0 Å². The Morgan fingerprint density at radius 3 is 1.29 bits per heavy atom. The van der Waals surface area contributed by atoms with Crippen molar-refractivity contribution in [3.8, 4) is 84.6 Å². The van der Waals surface area contributed by atoms with E-state index in [1.165, 1.54) is 0 Å². The Morgan fingerprint density at radius 2 is 0.739 bits per heavy atom. The molecular weight excluding hydrogens is 841 g/mol. The van der Waals surface area contributed by atoms with Gasteiger partial charge in [0.25, 0.3) is 5.82 Å². The zero-order valence-electron chi connectivity index (χ0n) is 37.5. The molecule has 0 amide bonds. The second kappa shape index (κ2) is 16.8. The molecule has 13 rings (SSSR count). The molecule has 0 radical (unpaired) electrons. The van der Waals surface area contributed by atoms with Crippen LogP contribution in [-0.2, 0) is 0 Å². The van der Waals surface area contributed by atoms with Crippen LogP contribution in [0.25, 0.3) is 118 Å². The Labute approximate surface area is 399 Å². The first-order valence-corrected chi connectivity index (χ1v) is 23.3. The number of para-hydroxylation sites is 9. The number of hydrogen-bond acceptors (Lipinski definition) is 2. The van der Waals surface area contributed by atoms with E-state index < -0.39 is 0 Å². The SMILES string of the molecule is c1ccc(-c2ccccc2-n2c(-c3cc(-c4nc5ccccc5n4-c4ccccc4-c4ccccc4)cc(-c4[nH]c5ccccc5[n+]4-c4ccccc4-c4ccccc4)c3)nc3ccccc32)cc1. The molecule has 6 heteroatoms. The minimum Gasteiger partial charge on any atom is -0.292 e. The fourth-order valence-electron chi connectivity index (χ4n) is 10.1.